The number of anilines is 1. The molecule has 1 amide bonds. The van der Waals surface area contributed by atoms with E-state index >= 15 is 0 Å². The second-order valence-corrected chi connectivity index (χ2v) is 5.92. The summed E-state index contributed by atoms with van der Waals surface area (Å²) in [6, 6.07) is 7.91. The minimum absolute atomic E-state index is 0.114. The summed E-state index contributed by atoms with van der Waals surface area (Å²) in [6.07, 6.45) is 5.50. The first-order valence-corrected chi connectivity index (χ1v) is 7.94. The fraction of sp³-hybridized carbons (Fsp3) is 0.294. The van der Waals surface area contributed by atoms with E-state index in [2.05, 4.69) is 25.8 Å². The van der Waals surface area contributed by atoms with Crippen molar-refractivity contribution in [3.05, 3.63) is 47.9 Å². The number of nitrogens with zero attached hydrogens (tertiary/aromatic N) is 1. The van der Waals surface area contributed by atoms with Gasteiger partial charge < -0.3 is 15.6 Å². The molecule has 0 spiro atoms. The Balaban J connectivity index is 1.59. The molecule has 0 bridgehead atoms. The molecule has 0 aliphatic carbocycles. The number of hydrogen-bond donors (Lipinski definition) is 4. The van der Waals surface area contributed by atoms with E-state index in [1.54, 1.807) is 6.20 Å². The number of amides is 1. The lowest BCUT2D eigenvalue weighted by Gasteiger charge is -2.22. The van der Waals surface area contributed by atoms with E-state index in [1.165, 1.54) is 0 Å². The quantitative estimate of drug-likeness (QED) is 0.600. The van der Waals surface area contributed by atoms with Crippen molar-refractivity contribution in [3.8, 4) is 0 Å². The zero-order valence-electron chi connectivity index (χ0n) is 12.7. The van der Waals surface area contributed by atoms with Crippen LogP contribution in [-0.2, 0) is 0 Å². The Bertz CT molecular complexity index is 828. The third-order valence-corrected chi connectivity index (χ3v) is 4.50. The summed E-state index contributed by atoms with van der Waals surface area (Å²) in [5.74, 6) is 0.250. The number of carbonyl (C=O) groups is 1. The van der Waals surface area contributed by atoms with Crippen LogP contribution in [0, 0.1) is 0 Å². The average Bonchev–Trinajstić information content (AvgIpc) is 3.23. The molecule has 6 nitrogen and oxygen atoms in total. The number of H-pyrrole nitrogens is 2. The molecule has 6 heteroatoms. The van der Waals surface area contributed by atoms with Gasteiger partial charge in [-0.2, -0.15) is 5.10 Å². The lowest BCUT2D eigenvalue weighted by atomic mass is 9.92. The topological polar surface area (TPSA) is 85.6 Å². The number of rotatable bonds is 3. The van der Waals surface area contributed by atoms with Gasteiger partial charge in [-0.3, -0.25) is 9.89 Å². The molecule has 23 heavy (non-hydrogen) atoms. The summed E-state index contributed by atoms with van der Waals surface area (Å²) < 4.78 is 0. The van der Waals surface area contributed by atoms with Crippen molar-refractivity contribution in [1.82, 2.24) is 20.5 Å². The molecule has 0 unspecified atom stereocenters. The highest BCUT2D eigenvalue weighted by Crippen LogP contribution is 2.28. The van der Waals surface area contributed by atoms with Crippen LogP contribution in [0.2, 0.25) is 0 Å². The summed E-state index contributed by atoms with van der Waals surface area (Å²) in [5.41, 5.74) is 3.39. The van der Waals surface area contributed by atoms with Crippen LogP contribution in [0.3, 0.4) is 0 Å². The lowest BCUT2D eigenvalue weighted by molar-refractivity contribution is 0.102. The fourth-order valence-corrected chi connectivity index (χ4v) is 3.26. The zero-order valence-corrected chi connectivity index (χ0v) is 12.7. The van der Waals surface area contributed by atoms with E-state index < -0.39 is 0 Å². The first-order chi connectivity index (χ1) is 11.3. The monoisotopic (exact) mass is 309 g/mol. The average molecular weight is 309 g/mol. The number of para-hydroxylation sites is 1. The zero-order chi connectivity index (χ0) is 15.6. The van der Waals surface area contributed by atoms with Crippen molar-refractivity contribution in [2.75, 3.05) is 18.4 Å². The van der Waals surface area contributed by atoms with Crippen LogP contribution >= 0.6 is 0 Å². The number of nitrogens with one attached hydrogen (secondary N) is 4. The lowest BCUT2D eigenvalue weighted by Crippen LogP contribution is -2.28. The van der Waals surface area contributed by atoms with Crippen molar-refractivity contribution in [1.29, 1.82) is 0 Å². The van der Waals surface area contributed by atoms with Gasteiger partial charge in [-0.15, -0.1) is 0 Å². The van der Waals surface area contributed by atoms with Crippen molar-refractivity contribution >= 4 is 22.5 Å². The third kappa shape index (κ3) is 2.61. The number of fused-ring (bicyclic) bond motifs is 1. The molecule has 1 saturated heterocycles. The Morgan fingerprint density at radius 3 is 2.91 bits per heavy atom. The van der Waals surface area contributed by atoms with Gasteiger partial charge >= 0.3 is 0 Å². The van der Waals surface area contributed by atoms with Gasteiger partial charge in [0.25, 0.3) is 5.91 Å². The van der Waals surface area contributed by atoms with Gasteiger partial charge in [0.05, 0.1) is 23.1 Å². The second kappa shape index (κ2) is 5.89. The summed E-state index contributed by atoms with van der Waals surface area (Å²) >= 11 is 0. The smallest absolute Gasteiger partial charge is 0.259 e. The number of aromatic nitrogens is 3. The van der Waals surface area contributed by atoms with E-state index in [0.717, 1.165) is 48.2 Å². The molecule has 0 atom stereocenters. The normalized spacial score (nSPS) is 15.8. The second-order valence-electron chi connectivity index (χ2n) is 5.92. The Hall–Kier alpha value is -2.60. The van der Waals surface area contributed by atoms with Crippen molar-refractivity contribution in [2.24, 2.45) is 0 Å². The predicted molar refractivity (Wildman–Crippen MR) is 89.7 cm³/mol. The summed E-state index contributed by atoms with van der Waals surface area (Å²) in [6.45, 7) is 1.96. The molecular formula is C17H19N5O. The van der Waals surface area contributed by atoms with Gasteiger partial charge in [0.2, 0.25) is 0 Å². The Kier molecular flexibility index (Phi) is 3.59. The van der Waals surface area contributed by atoms with Gasteiger partial charge in [-0.05, 0) is 32.0 Å². The van der Waals surface area contributed by atoms with E-state index in [4.69, 9.17) is 0 Å². The van der Waals surface area contributed by atoms with Crippen LogP contribution in [0.25, 0.3) is 10.9 Å². The van der Waals surface area contributed by atoms with Crippen molar-refractivity contribution < 1.29 is 4.79 Å². The van der Waals surface area contributed by atoms with Gasteiger partial charge in [-0.1, -0.05) is 18.2 Å². The van der Waals surface area contributed by atoms with Crippen molar-refractivity contribution in [2.45, 2.75) is 18.8 Å². The summed E-state index contributed by atoms with van der Waals surface area (Å²) in [4.78, 5) is 15.9. The summed E-state index contributed by atoms with van der Waals surface area (Å²) in [5, 5.41) is 14.5. The van der Waals surface area contributed by atoms with Crippen LogP contribution in [0.4, 0.5) is 5.69 Å². The minimum atomic E-state index is -0.114. The van der Waals surface area contributed by atoms with Crippen molar-refractivity contribution in [3.63, 3.8) is 0 Å². The molecule has 1 aliphatic heterocycles. The maximum Gasteiger partial charge on any atom is 0.259 e. The van der Waals surface area contributed by atoms with Crippen LogP contribution in [-0.4, -0.2) is 34.2 Å². The molecule has 1 fully saturated rings. The number of piperidine rings is 1. The molecule has 1 aromatic carbocycles. The summed E-state index contributed by atoms with van der Waals surface area (Å²) in [7, 11) is 0. The number of hydrogen-bond acceptors (Lipinski definition) is 3. The standard InChI is InChI=1S/C17H19N5O/c23-17(21-15-10-19-14-4-2-1-3-12(14)15)13-9-20-22-16(13)11-5-7-18-8-6-11/h1-4,9-11,18-19H,5-8H2,(H,20,22)(H,21,23). The van der Waals surface area contributed by atoms with E-state index in [0.29, 0.717) is 11.5 Å². The number of benzene rings is 1. The molecule has 118 valence electrons. The van der Waals surface area contributed by atoms with Crippen LogP contribution in [0.1, 0.15) is 34.8 Å². The van der Waals surface area contributed by atoms with Gasteiger partial charge in [0, 0.05) is 23.0 Å². The molecule has 4 rings (SSSR count). The van der Waals surface area contributed by atoms with Crippen LogP contribution in [0.15, 0.2) is 36.7 Å². The Morgan fingerprint density at radius 1 is 1.22 bits per heavy atom. The van der Waals surface area contributed by atoms with Gasteiger partial charge in [0.15, 0.2) is 0 Å². The minimum Gasteiger partial charge on any atom is -0.359 e. The highest BCUT2D eigenvalue weighted by atomic mass is 16.1. The molecule has 1 aliphatic rings. The SMILES string of the molecule is O=C(Nc1c[nH]c2ccccc12)c1cn[nH]c1C1CCNCC1. The molecule has 4 N–H and O–H groups in total. The number of aromatic amines is 2. The van der Waals surface area contributed by atoms with Crippen LogP contribution in [0.5, 0.6) is 0 Å². The molecule has 3 aromatic rings. The number of carbonyl (C=O) groups excluding carboxylic acids is 1. The maximum atomic E-state index is 12.7. The first kappa shape index (κ1) is 14.0. The fourth-order valence-electron chi connectivity index (χ4n) is 3.26. The highest BCUT2D eigenvalue weighted by Gasteiger charge is 2.23. The van der Waals surface area contributed by atoms with E-state index in [1.807, 2.05) is 30.5 Å². The highest BCUT2D eigenvalue weighted by molar-refractivity contribution is 6.09. The Morgan fingerprint density at radius 2 is 2.04 bits per heavy atom. The molecular weight excluding hydrogens is 290 g/mol. The first-order valence-electron chi connectivity index (χ1n) is 7.94. The molecule has 2 aromatic heterocycles. The third-order valence-electron chi connectivity index (χ3n) is 4.50. The maximum absolute atomic E-state index is 12.7. The van der Waals surface area contributed by atoms with Gasteiger partial charge in [0.1, 0.15) is 0 Å². The largest absolute Gasteiger partial charge is 0.359 e. The molecule has 0 saturated carbocycles. The van der Waals surface area contributed by atoms with E-state index in [-0.39, 0.29) is 5.91 Å². The van der Waals surface area contributed by atoms with E-state index in [9.17, 15) is 4.79 Å². The van der Waals surface area contributed by atoms with Crippen LogP contribution < -0.4 is 10.6 Å². The van der Waals surface area contributed by atoms with Gasteiger partial charge in [-0.25, -0.2) is 0 Å². The predicted octanol–water partition coefficient (Wildman–Crippen LogP) is 2.61. The molecule has 3 heterocycles. The Labute approximate surface area is 133 Å². The molecule has 0 radical (unpaired) electrons.